The second kappa shape index (κ2) is 19.0. The normalized spacial score (nSPS) is 13.2. The zero-order valence-electron chi connectivity index (χ0n) is 48.0. The van der Waals surface area contributed by atoms with Crippen LogP contribution in [0.15, 0.2) is 218 Å². The summed E-state index contributed by atoms with van der Waals surface area (Å²) >= 11 is 3.87. The minimum atomic E-state index is -0.0438. The Hall–Kier alpha value is -8.16. The minimum Gasteiger partial charge on any atom is -0.310 e. The molecule has 0 N–H and O–H groups in total. The number of hydrogen-bond acceptors (Lipinski definition) is 5. The second-order valence-electron chi connectivity index (χ2n) is 25.5. The Kier molecular flexibility index (Phi) is 12.0. The lowest BCUT2D eigenvalue weighted by Crippen LogP contribution is -2.60. The largest absolute Gasteiger partial charge is 0.310 e. The van der Waals surface area contributed by atoms with Gasteiger partial charge >= 0.3 is 0 Å². The molecule has 0 bridgehead atoms. The summed E-state index contributed by atoms with van der Waals surface area (Å²) in [6, 6.07) is 83.1. The molecule has 0 amide bonds. The molecular formula is C75H66BN3S2. The lowest BCUT2D eigenvalue weighted by Gasteiger charge is -2.44. The van der Waals surface area contributed by atoms with E-state index < -0.39 is 0 Å². The average Bonchev–Trinajstić information content (AvgIpc) is 4.25. The van der Waals surface area contributed by atoms with Gasteiger partial charge in [0, 0.05) is 70.0 Å². The molecule has 12 aromatic rings. The molecule has 2 aliphatic rings. The van der Waals surface area contributed by atoms with Crippen LogP contribution in [0.5, 0.6) is 0 Å². The molecule has 0 saturated heterocycles. The number of nitrogens with zero attached hydrogens (tertiary/aromatic N) is 3. The van der Waals surface area contributed by atoms with Gasteiger partial charge in [-0.25, -0.2) is 0 Å². The van der Waals surface area contributed by atoms with E-state index in [0.717, 1.165) is 17.1 Å². The zero-order valence-corrected chi connectivity index (χ0v) is 49.7. The first kappa shape index (κ1) is 51.0. The predicted octanol–water partition coefficient (Wildman–Crippen LogP) is 20.4. The summed E-state index contributed by atoms with van der Waals surface area (Å²) in [5.74, 6) is 0. The van der Waals surface area contributed by atoms with Gasteiger partial charge in [0.2, 0.25) is 0 Å². The Labute approximate surface area is 486 Å². The summed E-state index contributed by atoms with van der Waals surface area (Å²) < 4.78 is 5.26. The fraction of sp³-hybridized carbons (Fsp3) is 0.173. The molecule has 0 radical (unpaired) electrons. The second-order valence-corrected chi connectivity index (χ2v) is 27.6. The molecule has 0 unspecified atom stereocenters. The monoisotopic (exact) mass is 1080 g/mol. The predicted molar refractivity (Wildman–Crippen MR) is 355 cm³/mol. The van der Waals surface area contributed by atoms with Crippen molar-refractivity contribution < 1.29 is 0 Å². The molecule has 81 heavy (non-hydrogen) atoms. The Bertz CT molecular complexity index is 4420. The van der Waals surface area contributed by atoms with Crippen molar-refractivity contribution in [3.63, 3.8) is 0 Å². The number of rotatable bonds is 7. The van der Waals surface area contributed by atoms with Crippen molar-refractivity contribution in [1.82, 2.24) is 0 Å². The Morgan fingerprint density at radius 1 is 0.407 bits per heavy atom. The first-order chi connectivity index (χ1) is 39.0. The maximum atomic E-state index is 2.65. The highest BCUT2D eigenvalue weighted by atomic mass is 32.1. The molecule has 14 rings (SSSR count). The summed E-state index contributed by atoms with van der Waals surface area (Å²) in [6.07, 6.45) is 0. The number of thiophene rings is 2. The van der Waals surface area contributed by atoms with E-state index in [4.69, 9.17) is 0 Å². The molecule has 3 nitrogen and oxygen atoms in total. The molecule has 2 aliphatic heterocycles. The molecule has 0 fully saturated rings. The van der Waals surface area contributed by atoms with Crippen molar-refractivity contribution in [1.29, 1.82) is 0 Å². The number of fused-ring (bicyclic) bond motifs is 9. The molecule has 4 heterocycles. The van der Waals surface area contributed by atoms with E-state index in [9.17, 15) is 0 Å². The highest BCUT2D eigenvalue weighted by Crippen LogP contribution is 2.53. The quantitative estimate of drug-likeness (QED) is 0.147. The Morgan fingerprint density at radius 2 is 1.00 bits per heavy atom. The fourth-order valence-electron chi connectivity index (χ4n) is 12.7. The number of hydrogen-bond donors (Lipinski definition) is 0. The molecule has 6 heteroatoms. The maximum absolute atomic E-state index is 2.65. The zero-order chi connectivity index (χ0) is 55.7. The molecular weight excluding hydrogens is 1020 g/mol. The Balaban J connectivity index is 1.07. The van der Waals surface area contributed by atoms with Crippen molar-refractivity contribution in [3.8, 4) is 22.3 Å². The number of aryl methyl sites for hydroxylation is 1. The van der Waals surface area contributed by atoms with Crippen LogP contribution in [0.1, 0.15) is 84.6 Å². The maximum Gasteiger partial charge on any atom is 0.264 e. The van der Waals surface area contributed by atoms with E-state index in [1.807, 2.05) is 22.7 Å². The van der Waals surface area contributed by atoms with Gasteiger partial charge in [-0.15, -0.1) is 22.7 Å². The number of benzene rings is 10. The van der Waals surface area contributed by atoms with Gasteiger partial charge in [-0.05, 0) is 158 Å². The van der Waals surface area contributed by atoms with Crippen LogP contribution in [0.2, 0.25) is 0 Å². The van der Waals surface area contributed by atoms with Crippen LogP contribution in [-0.4, -0.2) is 6.71 Å². The van der Waals surface area contributed by atoms with E-state index in [-0.39, 0.29) is 23.0 Å². The van der Waals surface area contributed by atoms with Gasteiger partial charge in [-0.3, -0.25) is 0 Å². The lowest BCUT2D eigenvalue weighted by molar-refractivity contribution is 0.590. The third-order valence-corrected chi connectivity index (χ3v) is 19.4. The highest BCUT2D eigenvalue weighted by molar-refractivity contribution is 7.33. The van der Waals surface area contributed by atoms with E-state index in [1.165, 1.54) is 125 Å². The van der Waals surface area contributed by atoms with Crippen molar-refractivity contribution in [2.75, 3.05) is 14.7 Å². The van der Waals surface area contributed by atoms with Crippen LogP contribution in [-0.2, 0) is 16.2 Å². The van der Waals surface area contributed by atoms with Crippen molar-refractivity contribution in [2.45, 2.75) is 85.5 Å². The minimum absolute atomic E-state index is 0.00852. The van der Waals surface area contributed by atoms with Crippen LogP contribution in [0.25, 0.3) is 52.5 Å². The molecule has 0 aliphatic carbocycles. The van der Waals surface area contributed by atoms with Gasteiger partial charge in [0.25, 0.3) is 6.71 Å². The SMILES string of the molecule is Cc1cc2c3c(c1)N(c1cccc4c1sc1ccccc14)c1cc(N(c4ccc(C(C)(C)C)cc4)c4ccc(-c5ccccc5)cc4-c4ccccc4)ccc1B3c1sc3ccc(C(C)(C)C)cc3c1N2c1ccc(C(C)(C)C)cc1. The van der Waals surface area contributed by atoms with Crippen LogP contribution < -0.4 is 30.4 Å². The molecule has 0 spiro atoms. The van der Waals surface area contributed by atoms with Gasteiger partial charge in [0.05, 0.1) is 21.8 Å². The van der Waals surface area contributed by atoms with Gasteiger partial charge < -0.3 is 14.7 Å². The fourth-order valence-corrected chi connectivity index (χ4v) is 15.2. The first-order valence-corrected chi connectivity index (χ1v) is 30.2. The first-order valence-electron chi connectivity index (χ1n) is 28.6. The van der Waals surface area contributed by atoms with E-state index in [1.54, 1.807) is 0 Å². The highest BCUT2D eigenvalue weighted by Gasteiger charge is 2.46. The van der Waals surface area contributed by atoms with Gasteiger partial charge in [-0.1, -0.05) is 196 Å². The molecule has 396 valence electrons. The van der Waals surface area contributed by atoms with E-state index in [0.29, 0.717) is 0 Å². The van der Waals surface area contributed by atoms with Crippen molar-refractivity contribution in [3.05, 3.63) is 241 Å². The summed E-state index contributed by atoms with van der Waals surface area (Å²) in [5.41, 5.74) is 23.1. The number of anilines is 9. The van der Waals surface area contributed by atoms with Crippen LogP contribution >= 0.6 is 22.7 Å². The molecule has 0 atom stereocenters. The summed E-state index contributed by atoms with van der Waals surface area (Å²) in [6.45, 7) is 23.1. The van der Waals surface area contributed by atoms with E-state index >= 15 is 0 Å². The average molecular weight is 1080 g/mol. The summed E-state index contributed by atoms with van der Waals surface area (Å²) in [5, 5.41) is 3.88. The molecule has 10 aromatic carbocycles. The van der Waals surface area contributed by atoms with Crippen LogP contribution in [0.4, 0.5) is 51.2 Å². The molecule has 0 saturated carbocycles. The topological polar surface area (TPSA) is 9.72 Å². The smallest absolute Gasteiger partial charge is 0.264 e. The van der Waals surface area contributed by atoms with Crippen molar-refractivity contribution >= 4 is 127 Å². The molecule has 2 aromatic heterocycles. The summed E-state index contributed by atoms with van der Waals surface area (Å²) in [7, 11) is 0. The van der Waals surface area contributed by atoms with Gasteiger partial charge in [-0.2, -0.15) is 0 Å². The summed E-state index contributed by atoms with van der Waals surface area (Å²) in [4.78, 5) is 7.79. The third-order valence-electron chi connectivity index (χ3n) is 17.0. The lowest BCUT2D eigenvalue weighted by atomic mass is 9.36. The van der Waals surface area contributed by atoms with Crippen LogP contribution in [0.3, 0.4) is 0 Å². The van der Waals surface area contributed by atoms with Gasteiger partial charge in [0.1, 0.15) is 0 Å². The van der Waals surface area contributed by atoms with Crippen LogP contribution in [0, 0.1) is 6.92 Å². The third kappa shape index (κ3) is 8.60. The van der Waals surface area contributed by atoms with E-state index in [2.05, 4.69) is 302 Å². The standard InChI is InChI=1S/C75H66BN3S2/c1-47-42-65-69-66(43-47)79(63-26-19-25-58-57-24-17-18-27-67(57)80-71(58)63)64-46-56(77(54-34-29-51(30-35-54)73(2,3)4)62-40-28-50(48-20-13-11-14-21-48)44-59(62)49-22-15-12-16-23-49)38-39-61(64)76(69)72-70(60-45-53(75(8,9)10)33-41-68(60)81-72)78(65)55-36-31-52(32-37-55)74(5,6)7/h11-46H,1-10H3. The van der Waals surface area contributed by atoms with Gasteiger partial charge in [0.15, 0.2) is 0 Å². The Morgan fingerprint density at radius 3 is 1.69 bits per heavy atom. The van der Waals surface area contributed by atoms with Crippen molar-refractivity contribution in [2.24, 2.45) is 0 Å².